The molecule has 0 aliphatic heterocycles. The van der Waals surface area contributed by atoms with E-state index in [0.717, 1.165) is 22.4 Å². The molecule has 2 aromatic heterocycles. The van der Waals surface area contributed by atoms with Gasteiger partial charge in [0.1, 0.15) is 5.82 Å². The van der Waals surface area contributed by atoms with Gasteiger partial charge in [0.2, 0.25) is 5.82 Å². The summed E-state index contributed by atoms with van der Waals surface area (Å²) in [5.74, 6) is 1.42. The zero-order chi connectivity index (χ0) is 22.1. The zero-order valence-electron chi connectivity index (χ0n) is 18.4. The molecule has 0 saturated carbocycles. The van der Waals surface area contributed by atoms with E-state index in [2.05, 4.69) is 34.6 Å². The Morgan fingerprint density at radius 1 is 1.00 bits per heavy atom. The monoisotopic (exact) mass is 417 g/mol. The molecule has 0 aliphatic rings. The van der Waals surface area contributed by atoms with Gasteiger partial charge in [-0.25, -0.2) is 4.98 Å². The van der Waals surface area contributed by atoms with Gasteiger partial charge in [0.15, 0.2) is 0 Å². The first-order chi connectivity index (χ1) is 14.8. The van der Waals surface area contributed by atoms with Crippen LogP contribution in [-0.4, -0.2) is 35.7 Å². The summed E-state index contributed by atoms with van der Waals surface area (Å²) in [5, 5.41) is 15.7. The van der Waals surface area contributed by atoms with Crippen molar-refractivity contribution in [2.24, 2.45) is 13.0 Å². The summed E-state index contributed by atoms with van der Waals surface area (Å²) in [6, 6.07) is 15.2. The summed E-state index contributed by atoms with van der Waals surface area (Å²) in [6.45, 7) is 8.15. The third kappa shape index (κ3) is 4.05. The number of nitrogens with zero attached hydrogens (tertiary/aromatic N) is 6. The fourth-order valence-corrected chi connectivity index (χ4v) is 3.53. The van der Waals surface area contributed by atoms with Gasteiger partial charge in [-0.3, -0.25) is 4.79 Å². The summed E-state index contributed by atoms with van der Waals surface area (Å²) in [5.41, 5.74) is 3.36. The van der Waals surface area contributed by atoms with Crippen LogP contribution in [0.3, 0.4) is 0 Å². The maximum absolute atomic E-state index is 13.0. The van der Waals surface area contributed by atoms with Gasteiger partial charge >= 0.3 is 0 Å². The Morgan fingerprint density at radius 3 is 2.32 bits per heavy atom. The summed E-state index contributed by atoms with van der Waals surface area (Å²) >= 11 is 0. The molecule has 8 heteroatoms. The van der Waals surface area contributed by atoms with Crippen molar-refractivity contribution in [1.82, 2.24) is 35.1 Å². The van der Waals surface area contributed by atoms with E-state index in [1.165, 1.54) is 0 Å². The van der Waals surface area contributed by atoms with Crippen LogP contribution in [-0.2, 0) is 7.05 Å². The number of fused-ring (bicyclic) bond motifs is 1. The quantitative estimate of drug-likeness (QED) is 0.513. The van der Waals surface area contributed by atoms with Crippen LogP contribution in [0.5, 0.6) is 0 Å². The lowest BCUT2D eigenvalue weighted by Gasteiger charge is -2.22. The molecule has 0 spiro atoms. The molecule has 4 rings (SSSR count). The van der Waals surface area contributed by atoms with Gasteiger partial charge in [-0.1, -0.05) is 38.1 Å². The molecule has 160 valence electrons. The van der Waals surface area contributed by atoms with Gasteiger partial charge in [-0.2, -0.15) is 4.80 Å². The highest BCUT2D eigenvalue weighted by atomic mass is 16.1. The number of benzene rings is 2. The minimum absolute atomic E-state index is 0.141. The standard InChI is InChI=1S/C23H27N7O/c1-14(2)20(22-24-18-8-6-7-9-19(18)29(22)5)25-23(31)17-12-10-16(11-13-17)21-26-28-30(27-21)15(3)4/h6-15,20H,1-5H3,(H,25,31)/t20-/m0/s1. The molecular formula is C23H27N7O. The Balaban J connectivity index is 1.55. The highest BCUT2D eigenvalue weighted by Crippen LogP contribution is 2.25. The van der Waals surface area contributed by atoms with Crippen LogP contribution in [0.25, 0.3) is 22.4 Å². The van der Waals surface area contributed by atoms with Gasteiger partial charge < -0.3 is 9.88 Å². The van der Waals surface area contributed by atoms with Crippen molar-refractivity contribution in [3.8, 4) is 11.4 Å². The number of aromatic nitrogens is 6. The molecule has 8 nitrogen and oxygen atoms in total. The van der Waals surface area contributed by atoms with E-state index in [4.69, 9.17) is 4.98 Å². The molecule has 0 radical (unpaired) electrons. The number of carbonyl (C=O) groups excluding carboxylic acids is 1. The Bertz CT molecular complexity index is 1200. The van der Waals surface area contributed by atoms with E-state index in [1.807, 2.05) is 61.9 Å². The van der Waals surface area contributed by atoms with Gasteiger partial charge in [-0.05, 0) is 49.2 Å². The minimum Gasteiger partial charge on any atom is -0.342 e. The highest BCUT2D eigenvalue weighted by Gasteiger charge is 2.24. The third-order valence-corrected chi connectivity index (χ3v) is 5.35. The predicted molar refractivity (Wildman–Crippen MR) is 119 cm³/mol. The lowest BCUT2D eigenvalue weighted by Crippen LogP contribution is -2.33. The topological polar surface area (TPSA) is 90.5 Å². The average molecular weight is 418 g/mol. The Morgan fingerprint density at radius 2 is 1.71 bits per heavy atom. The smallest absolute Gasteiger partial charge is 0.251 e. The van der Waals surface area contributed by atoms with E-state index < -0.39 is 0 Å². The molecule has 0 saturated heterocycles. The molecule has 0 unspecified atom stereocenters. The van der Waals surface area contributed by atoms with Crippen LogP contribution in [0.4, 0.5) is 0 Å². The van der Waals surface area contributed by atoms with E-state index in [0.29, 0.717) is 11.4 Å². The number of hydrogen-bond acceptors (Lipinski definition) is 5. The maximum atomic E-state index is 13.0. The molecule has 4 aromatic rings. The molecule has 2 heterocycles. The number of para-hydroxylation sites is 2. The number of carbonyl (C=O) groups is 1. The number of aryl methyl sites for hydroxylation is 1. The van der Waals surface area contributed by atoms with Crippen molar-refractivity contribution in [1.29, 1.82) is 0 Å². The molecule has 0 aliphatic carbocycles. The second-order valence-electron chi connectivity index (χ2n) is 8.32. The highest BCUT2D eigenvalue weighted by molar-refractivity contribution is 5.94. The summed E-state index contributed by atoms with van der Waals surface area (Å²) in [6.07, 6.45) is 0. The first-order valence-corrected chi connectivity index (χ1v) is 10.5. The maximum Gasteiger partial charge on any atom is 0.251 e. The van der Waals surface area contributed by atoms with Crippen molar-refractivity contribution < 1.29 is 4.79 Å². The Labute approximate surface area is 181 Å². The second-order valence-corrected chi connectivity index (χ2v) is 8.32. The second kappa shape index (κ2) is 8.29. The van der Waals surface area contributed by atoms with E-state index in [-0.39, 0.29) is 23.9 Å². The molecule has 1 N–H and O–H groups in total. The summed E-state index contributed by atoms with van der Waals surface area (Å²) < 4.78 is 2.05. The van der Waals surface area contributed by atoms with Crippen LogP contribution in [0, 0.1) is 5.92 Å². The van der Waals surface area contributed by atoms with Crippen LogP contribution >= 0.6 is 0 Å². The first-order valence-electron chi connectivity index (χ1n) is 10.5. The molecule has 0 bridgehead atoms. The van der Waals surface area contributed by atoms with Gasteiger partial charge in [-0.15, -0.1) is 10.2 Å². The van der Waals surface area contributed by atoms with Crippen LogP contribution < -0.4 is 5.32 Å². The SMILES string of the molecule is CC(C)[C@H](NC(=O)c1ccc(-c2nnn(C(C)C)n2)cc1)c1nc2ccccc2n1C. The third-order valence-electron chi connectivity index (χ3n) is 5.35. The molecule has 1 amide bonds. The Hall–Kier alpha value is -3.55. The minimum atomic E-state index is -0.211. The number of amides is 1. The zero-order valence-corrected chi connectivity index (χ0v) is 18.4. The normalized spacial score (nSPS) is 12.6. The van der Waals surface area contributed by atoms with Gasteiger partial charge in [0.25, 0.3) is 5.91 Å². The van der Waals surface area contributed by atoms with Crippen molar-refractivity contribution in [3.63, 3.8) is 0 Å². The lowest BCUT2D eigenvalue weighted by molar-refractivity contribution is 0.0922. The molecular weight excluding hydrogens is 390 g/mol. The van der Waals surface area contributed by atoms with Crippen molar-refractivity contribution in [2.75, 3.05) is 0 Å². The van der Waals surface area contributed by atoms with E-state index >= 15 is 0 Å². The number of tetrazole rings is 1. The molecule has 31 heavy (non-hydrogen) atoms. The number of nitrogens with one attached hydrogen (secondary N) is 1. The molecule has 2 aromatic carbocycles. The fraction of sp³-hybridized carbons (Fsp3) is 0.348. The van der Waals surface area contributed by atoms with Crippen LogP contribution in [0.2, 0.25) is 0 Å². The van der Waals surface area contributed by atoms with Crippen LogP contribution in [0.1, 0.15) is 56.0 Å². The number of rotatable bonds is 6. The number of imidazole rings is 1. The van der Waals surface area contributed by atoms with Crippen LogP contribution in [0.15, 0.2) is 48.5 Å². The summed E-state index contributed by atoms with van der Waals surface area (Å²) in [4.78, 5) is 19.3. The van der Waals surface area contributed by atoms with Crippen molar-refractivity contribution in [2.45, 2.75) is 39.8 Å². The molecule has 0 fully saturated rings. The van der Waals surface area contributed by atoms with Crippen molar-refractivity contribution >= 4 is 16.9 Å². The predicted octanol–water partition coefficient (Wildman–Crippen LogP) is 3.93. The first kappa shape index (κ1) is 20.7. The lowest BCUT2D eigenvalue weighted by atomic mass is 10.0. The van der Waals surface area contributed by atoms with E-state index in [1.54, 1.807) is 16.9 Å². The fourth-order valence-electron chi connectivity index (χ4n) is 3.53. The largest absolute Gasteiger partial charge is 0.342 e. The van der Waals surface area contributed by atoms with Crippen molar-refractivity contribution in [3.05, 3.63) is 59.9 Å². The van der Waals surface area contributed by atoms with Gasteiger partial charge in [0, 0.05) is 18.2 Å². The summed E-state index contributed by atoms with van der Waals surface area (Å²) in [7, 11) is 1.98. The average Bonchev–Trinajstić information content (AvgIpc) is 3.38. The van der Waals surface area contributed by atoms with E-state index in [9.17, 15) is 4.79 Å². The van der Waals surface area contributed by atoms with Gasteiger partial charge in [0.05, 0.1) is 23.1 Å². The Kier molecular flexibility index (Phi) is 5.54. The molecule has 1 atom stereocenters. The number of hydrogen-bond donors (Lipinski definition) is 1.